The smallest absolute Gasteiger partial charge is 0.356 e. The number of carbonyl (C=O) groups is 1. The minimum Gasteiger partial charge on any atom is -0.476 e. The molecule has 0 amide bonds. The van der Waals surface area contributed by atoms with Gasteiger partial charge in [0.15, 0.2) is 5.69 Å². The number of nitrogens with zero attached hydrogens (tertiary/aromatic N) is 2. The van der Waals surface area contributed by atoms with Gasteiger partial charge in [-0.05, 0) is 19.3 Å². The van der Waals surface area contributed by atoms with Crippen molar-refractivity contribution in [3.63, 3.8) is 0 Å². The Morgan fingerprint density at radius 1 is 1.53 bits per heavy atom. The van der Waals surface area contributed by atoms with E-state index < -0.39 is 5.97 Å². The monoisotopic (exact) mass is 207 g/mol. The number of carboxylic acid groups (broad SMARTS) is 1. The van der Waals surface area contributed by atoms with Crippen LogP contribution >= 0.6 is 0 Å². The van der Waals surface area contributed by atoms with Crippen LogP contribution in [0.2, 0.25) is 0 Å². The van der Waals surface area contributed by atoms with E-state index >= 15 is 0 Å². The predicted octanol–water partition coefficient (Wildman–Crippen LogP) is 1.53. The Morgan fingerprint density at radius 3 is 2.67 bits per heavy atom. The largest absolute Gasteiger partial charge is 0.476 e. The first kappa shape index (κ1) is 9.89. The molecule has 1 saturated carbocycles. The van der Waals surface area contributed by atoms with Crippen LogP contribution in [0.1, 0.15) is 36.7 Å². The summed E-state index contributed by atoms with van der Waals surface area (Å²) in [7, 11) is 0. The summed E-state index contributed by atoms with van der Waals surface area (Å²) in [5.41, 5.74) is 0.154. The van der Waals surface area contributed by atoms with Gasteiger partial charge in [0.1, 0.15) is 5.82 Å². The summed E-state index contributed by atoms with van der Waals surface area (Å²) in [6.45, 7) is 2.12. The van der Waals surface area contributed by atoms with Gasteiger partial charge in [0.2, 0.25) is 0 Å². The molecule has 0 radical (unpaired) electrons. The van der Waals surface area contributed by atoms with Crippen LogP contribution in [0, 0.1) is 0 Å². The van der Waals surface area contributed by atoms with Crippen LogP contribution in [0.3, 0.4) is 0 Å². The number of aromatic carboxylic acids is 1. The second-order valence-corrected chi connectivity index (χ2v) is 3.85. The lowest BCUT2D eigenvalue weighted by atomic mass is 10.2. The second-order valence-electron chi connectivity index (χ2n) is 3.85. The molecular weight excluding hydrogens is 194 g/mol. The highest BCUT2D eigenvalue weighted by Gasteiger charge is 2.40. The number of anilines is 1. The Balaban J connectivity index is 2.07. The third kappa shape index (κ3) is 2.06. The van der Waals surface area contributed by atoms with E-state index in [0.29, 0.717) is 5.82 Å². The first-order chi connectivity index (χ1) is 7.15. The molecule has 5 nitrogen and oxygen atoms in total. The number of hydrogen-bond acceptors (Lipinski definition) is 4. The van der Waals surface area contributed by atoms with Crippen LogP contribution in [0.15, 0.2) is 12.4 Å². The van der Waals surface area contributed by atoms with Crippen LogP contribution in [-0.4, -0.2) is 26.6 Å². The fourth-order valence-corrected chi connectivity index (χ4v) is 1.49. The molecule has 1 aromatic rings. The summed E-state index contributed by atoms with van der Waals surface area (Å²) in [5, 5.41) is 11.9. The van der Waals surface area contributed by atoms with Crippen LogP contribution in [0.5, 0.6) is 0 Å². The molecule has 0 aliphatic heterocycles. The van der Waals surface area contributed by atoms with E-state index in [-0.39, 0.29) is 11.2 Å². The van der Waals surface area contributed by atoms with Crippen LogP contribution in [0.25, 0.3) is 0 Å². The third-order valence-electron chi connectivity index (χ3n) is 2.79. The van der Waals surface area contributed by atoms with Crippen LogP contribution in [-0.2, 0) is 0 Å². The number of rotatable bonds is 4. The zero-order valence-corrected chi connectivity index (χ0v) is 8.53. The zero-order chi connectivity index (χ0) is 10.9. The molecule has 2 N–H and O–H groups in total. The van der Waals surface area contributed by atoms with E-state index in [1.54, 1.807) is 0 Å². The van der Waals surface area contributed by atoms with Crippen LogP contribution < -0.4 is 5.32 Å². The number of aromatic nitrogens is 2. The van der Waals surface area contributed by atoms with Gasteiger partial charge in [-0.3, -0.25) is 0 Å². The molecule has 0 atom stereocenters. The summed E-state index contributed by atoms with van der Waals surface area (Å²) in [6, 6.07) is 0. The standard InChI is InChI=1S/C10H13N3O2/c1-2-10(3-4-10)13-8-6-11-7(5-12-8)9(14)15/h5-6H,2-4H2,1H3,(H,12,13)(H,14,15). The van der Waals surface area contributed by atoms with Gasteiger partial charge in [-0.2, -0.15) is 0 Å². The van der Waals surface area contributed by atoms with Gasteiger partial charge in [-0.1, -0.05) is 6.92 Å². The summed E-state index contributed by atoms with van der Waals surface area (Å²) in [5.74, 6) is -0.398. The van der Waals surface area contributed by atoms with Crippen molar-refractivity contribution in [1.29, 1.82) is 0 Å². The normalized spacial score (nSPS) is 17.1. The minimum atomic E-state index is -1.05. The van der Waals surface area contributed by atoms with Gasteiger partial charge in [0.05, 0.1) is 12.4 Å². The first-order valence-corrected chi connectivity index (χ1v) is 4.99. The minimum absolute atomic E-state index is 0.0260. The Hall–Kier alpha value is -1.65. The highest BCUT2D eigenvalue weighted by Crippen LogP contribution is 2.41. The molecule has 15 heavy (non-hydrogen) atoms. The summed E-state index contributed by atoms with van der Waals surface area (Å²) >= 11 is 0. The van der Waals surface area contributed by atoms with E-state index in [2.05, 4.69) is 22.2 Å². The molecule has 1 heterocycles. The lowest BCUT2D eigenvalue weighted by Crippen LogP contribution is -2.20. The molecule has 80 valence electrons. The zero-order valence-electron chi connectivity index (χ0n) is 8.53. The van der Waals surface area contributed by atoms with Crippen molar-refractivity contribution in [2.75, 3.05) is 5.32 Å². The average Bonchev–Trinajstić information content (AvgIpc) is 2.99. The maximum absolute atomic E-state index is 10.5. The fourth-order valence-electron chi connectivity index (χ4n) is 1.49. The topological polar surface area (TPSA) is 75.1 Å². The average molecular weight is 207 g/mol. The van der Waals surface area contributed by atoms with Gasteiger partial charge in [-0.25, -0.2) is 14.8 Å². The molecule has 1 aliphatic carbocycles. The van der Waals surface area contributed by atoms with Crippen molar-refractivity contribution >= 4 is 11.8 Å². The Kier molecular flexibility index (Phi) is 2.30. The Morgan fingerprint density at radius 2 is 2.27 bits per heavy atom. The van der Waals surface area contributed by atoms with Gasteiger partial charge in [-0.15, -0.1) is 0 Å². The predicted molar refractivity (Wildman–Crippen MR) is 54.9 cm³/mol. The highest BCUT2D eigenvalue weighted by molar-refractivity contribution is 5.84. The van der Waals surface area contributed by atoms with Gasteiger partial charge in [0, 0.05) is 5.54 Å². The van der Waals surface area contributed by atoms with E-state index in [4.69, 9.17) is 5.11 Å². The van der Waals surface area contributed by atoms with E-state index in [0.717, 1.165) is 19.3 Å². The van der Waals surface area contributed by atoms with Crippen molar-refractivity contribution in [3.05, 3.63) is 18.1 Å². The molecule has 1 fully saturated rings. The quantitative estimate of drug-likeness (QED) is 0.783. The summed E-state index contributed by atoms with van der Waals surface area (Å²) < 4.78 is 0. The molecule has 0 saturated heterocycles. The van der Waals surface area contributed by atoms with Gasteiger partial charge >= 0.3 is 5.97 Å². The molecule has 0 aromatic carbocycles. The molecule has 1 aromatic heterocycles. The van der Waals surface area contributed by atoms with Crippen molar-refractivity contribution in [3.8, 4) is 0 Å². The SMILES string of the molecule is CCC1(Nc2cnc(C(=O)O)cn2)CC1. The Bertz CT molecular complexity index is 371. The van der Waals surface area contributed by atoms with E-state index in [9.17, 15) is 4.79 Å². The molecule has 5 heteroatoms. The molecule has 2 rings (SSSR count). The fraction of sp³-hybridized carbons (Fsp3) is 0.500. The summed E-state index contributed by atoms with van der Waals surface area (Å²) in [6.07, 6.45) is 6.09. The van der Waals surface area contributed by atoms with Crippen molar-refractivity contribution in [1.82, 2.24) is 9.97 Å². The van der Waals surface area contributed by atoms with Crippen molar-refractivity contribution < 1.29 is 9.90 Å². The number of nitrogens with one attached hydrogen (secondary N) is 1. The number of carboxylic acids is 1. The lowest BCUT2D eigenvalue weighted by Gasteiger charge is -2.14. The van der Waals surface area contributed by atoms with Crippen LogP contribution in [0.4, 0.5) is 5.82 Å². The number of hydrogen-bond donors (Lipinski definition) is 2. The van der Waals surface area contributed by atoms with Gasteiger partial charge in [0.25, 0.3) is 0 Å². The lowest BCUT2D eigenvalue weighted by molar-refractivity contribution is 0.0690. The Labute approximate surface area is 87.6 Å². The molecule has 1 aliphatic rings. The third-order valence-corrected chi connectivity index (χ3v) is 2.79. The summed E-state index contributed by atoms with van der Waals surface area (Å²) in [4.78, 5) is 18.4. The van der Waals surface area contributed by atoms with Gasteiger partial charge < -0.3 is 10.4 Å². The van der Waals surface area contributed by atoms with E-state index in [1.807, 2.05) is 0 Å². The van der Waals surface area contributed by atoms with Crippen molar-refractivity contribution in [2.45, 2.75) is 31.7 Å². The van der Waals surface area contributed by atoms with Crippen molar-refractivity contribution in [2.24, 2.45) is 0 Å². The first-order valence-electron chi connectivity index (χ1n) is 4.99. The maximum Gasteiger partial charge on any atom is 0.356 e. The molecule has 0 bridgehead atoms. The molecule has 0 spiro atoms. The highest BCUT2D eigenvalue weighted by atomic mass is 16.4. The second kappa shape index (κ2) is 3.49. The molecular formula is C10H13N3O2. The van der Waals surface area contributed by atoms with E-state index in [1.165, 1.54) is 12.4 Å². The molecule has 0 unspecified atom stereocenters. The maximum atomic E-state index is 10.5.